The zero-order valence-corrected chi connectivity index (χ0v) is 20.3. The van der Waals surface area contributed by atoms with Crippen molar-refractivity contribution in [3.05, 3.63) is 54.1 Å². The van der Waals surface area contributed by atoms with Gasteiger partial charge in [-0.2, -0.15) is 0 Å². The highest BCUT2D eigenvalue weighted by Crippen LogP contribution is 2.06. The van der Waals surface area contributed by atoms with Crippen LogP contribution in [0.15, 0.2) is 42.9 Å². The lowest BCUT2D eigenvalue weighted by Crippen LogP contribution is -2.56. The lowest BCUT2D eigenvalue weighted by molar-refractivity contribution is -0.142. The van der Waals surface area contributed by atoms with Crippen molar-refractivity contribution in [1.82, 2.24) is 25.9 Å². The van der Waals surface area contributed by atoms with Crippen molar-refractivity contribution in [2.75, 3.05) is 6.54 Å². The molecule has 1 aromatic heterocycles. The molecule has 4 unspecified atom stereocenters. The number of carboxylic acid groups (broad SMARTS) is 1. The van der Waals surface area contributed by atoms with Crippen LogP contribution in [0, 0.1) is 0 Å². The number of nitrogens with one attached hydrogen (secondary N) is 4. The molecule has 196 valence electrons. The summed E-state index contributed by atoms with van der Waals surface area (Å²) in [4.78, 5) is 56.4. The molecule has 12 nitrogen and oxygen atoms in total. The van der Waals surface area contributed by atoms with Gasteiger partial charge in [-0.3, -0.25) is 14.4 Å². The van der Waals surface area contributed by atoms with E-state index in [1.807, 2.05) is 30.3 Å². The number of benzene rings is 1. The molecule has 0 saturated carbocycles. The van der Waals surface area contributed by atoms with Crippen LogP contribution in [0.5, 0.6) is 0 Å². The van der Waals surface area contributed by atoms with Gasteiger partial charge in [-0.25, -0.2) is 9.78 Å². The number of hydrogen-bond acceptors (Lipinski definition) is 7. The minimum absolute atomic E-state index is 0.00118. The van der Waals surface area contributed by atoms with Crippen molar-refractivity contribution in [2.24, 2.45) is 11.5 Å². The van der Waals surface area contributed by atoms with Gasteiger partial charge in [0.1, 0.15) is 18.1 Å². The van der Waals surface area contributed by atoms with E-state index in [2.05, 4.69) is 25.9 Å². The number of aromatic amines is 1. The molecule has 0 spiro atoms. The molecule has 1 heterocycles. The number of carbonyl (C=O) groups excluding carboxylic acids is 3. The molecule has 4 atom stereocenters. The van der Waals surface area contributed by atoms with E-state index in [0.29, 0.717) is 37.9 Å². The van der Waals surface area contributed by atoms with Crippen LogP contribution in [-0.2, 0) is 32.0 Å². The molecule has 9 N–H and O–H groups in total. The number of aliphatic carboxylic acids is 1. The second-order valence-corrected chi connectivity index (χ2v) is 8.55. The quantitative estimate of drug-likeness (QED) is 0.154. The van der Waals surface area contributed by atoms with Crippen molar-refractivity contribution in [3.8, 4) is 0 Å². The normalized spacial score (nSPS) is 14.2. The molecule has 0 aliphatic carbocycles. The van der Waals surface area contributed by atoms with Crippen LogP contribution in [0.25, 0.3) is 0 Å². The van der Waals surface area contributed by atoms with Crippen molar-refractivity contribution in [1.29, 1.82) is 0 Å². The predicted octanol–water partition coefficient (Wildman–Crippen LogP) is -0.790. The number of carbonyl (C=O) groups is 4. The third-order valence-electron chi connectivity index (χ3n) is 5.56. The Morgan fingerprint density at radius 3 is 2.28 bits per heavy atom. The number of nitrogens with zero attached hydrogens (tertiary/aromatic N) is 1. The van der Waals surface area contributed by atoms with Gasteiger partial charge in [-0.1, -0.05) is 30.3 Å². The SMILES string of the molecule is CC(NC(=O)C(CCCCN)NC(=O)C(N)Cc1ccccc1)C(=O)NC(Cc1cnc[nH]1)C(=O)O. The number of amides is 3. The van der Waals surface area contributed by atoms with Crippen LogP contribution < -0.4 is 27.4 Å². The molecule has 0 bridgehead atoms. The number of imidazole rings is 1. The molecule has 0 aliphatic heterocycles. The van der Waals surface area contributed by atoms with Gasteiger partial charge >= 0.3 is 5.97 Å². The molecule has 1 aromatic carbocycles. The van der Waals surface area contributed by atoms with Crippen molar-refractivity contribution >= 4 is 23.7 Å². The first-order chi connectivity index (χ1) is 17.2. The van der Waals surface area contributed by atoms with E-state index >= 15 is 0 Å². The second kappa shape index (κ2) is 14.6. The number of aromatic nitrogens is 2. The highest BCUT2D eigenvalue weighted by molar-refractivity contribution is 5.94. The monoisotopic (exact) mass is 501 g/mol. The van der Waals surface area contributed by atoms with Gasteiger partial charge in [0.05, 0.1) is 12.4 Å². The van der Waals surface area contributed by atoms with Crippen molar-refractivity contribution in [3.63, 3.8) is 0 Å². The highest BCUT2D eigenvalue weighted by Gasteiger charge is 2.28. The minimum atomic E-state index is -1.23. The Morgan fingerprint density at radius 1 is 0.972 bits per heavy atom. The number of unbranched alkanes of at least 4 members (excludes halogenated alkanes) is 1. The number of hydrogen-bond donors (Lipinski definition) is 7. The van der Waals surface area contributed by atoms with Gasteiger partial charge in [0, 0.05) is 18.3 Å². The molecule has 0 radical (unpaired) electrons. The van der Waals surface area contributed by atoms with Crippen LogP contribution in [0.1, 0.15) is 37.4 Å². The van der Waals surface area contributed by atoms with E-state index in [1.54, 1.807) is 0 Å². The molecule has 2 rings (SSSR count). The molecule has 2 aromatic rings. The lowest BCUT2D eigenvalue weighted by Gasteiger charge is -2.23. The standard InChI is InChI=1S/C24H35N7O5/c1-15(21(32)31-20(24(35)36)12-17-13-27-14-28-17)29-23(34)19(9-5-6-10-25)30-22(33)18(26)11-16-7-3-2-4-8-16/h2-4,7-8,13-15,18-20H,5-6,9-12,25-26H2,1H3,(H,27,28)(H,29,34)(H,30,33)(H,31,32)(H,35,36). The Kier molecular flexibility index (Phi) is 11.5. The number of rotatable bonds is 15. The Morgan fingerprint density at radius 2 is 1.67 bits per heavy atom. The largest absolute Gasteiger partial charge is 0.480 e. The van der Waals surface area contributed by atoms with E-state index in [-0.39, 0.29) is 6.42 Å². The Balaban J connectivity index is 1.97. The van der Waals surface area contributed by atoms with E-state index in [9.17, 15) is 24.3 Å². The molecule has 0 fully saturated rings. The van der Waals surface area contributed by atoms with Crippen LogP contribution in [-0.4, -0.2) is 69.5 Å². The summed E-state index contributed by atoms with van der Waals surface area (Å²) in [6.45, 7) is 1.86. The Hall–Kier alpha value is -3.77. The Bertz CT molecular complexity index is 984. The molecule has 3 amide bonds. The Labute approximate surface area is 209 Å². The molecule has 0 aliphatic rings. The lowest BCUT2D eigenvalue weighted by atomic mass is 10.0. The molecule has 36 heavy (non-hydrogen) atoms. The summed E-state index contributed by atoms with van der Waals surface area (Å²) in [5.41, 5.74) is 13.0. The fourth-order valence-electron chi connectivity index (χ4n) is 3.49. The molecule has 12 heteroatoms. The van der Waals surface area contributed by atoms with Gasteiger partial charge in [0.15, 0.2) is 0 Å². The topological polar surface area (TPSA) is 205 Å². The van der Waals surface area contributed by atoms with Crippen molar-refractivity contribution < 1.29 is 24.3 Å². The number of H-pyrrole nitrogens is 1. The van der Waals surface area contributed by atoms with E-state index in [4.69, 9.17) is 11.5 Å². The summed E-state index contributed by atoms with van der Waals surface area (Å²) in [6, 6.07) is 5.21. The smallest absolute Gasteiger partial charge is 0.326 e. The summed E-state index contributed by atoms with van der Waals surface area (Å²) in [5.74, 6) is -2.97. The summed E-state index contributed by atoms with van der Waals surface area (Å²) >= 11 is 0. The van der Waals surface area contributed by atoms with Crippen LogP contribution >= 0.6 is 0 Å². The zero-order chi connectivity index (χ0) is 26.5. The third-order valence-corrected chi connectivity index (χ3v) is 5.56. The highest BCUT2D eigenvalue weighted by atomic mass is 16.4. The van der Waals surface area contributed by atoms with Crippen LogP contribution in [0.2, 0.25) is 0 Å². The number of nitrogens with two attached hydrogens (primary N) is 2. The average Bonchev–Trinajstić information content (AvgIpc) is 3.36. The van der Waals surface area contributed by atoms with Gasteiger partial charge in [0.2, 0.25) is 17.7 Å². The summed E-state index contributed by atoms with van der Waals surface area (Å²) in [6.07, 6.45) is 4.70. The first-order valence-electron chi connectivity index (χ1n) is 11.8. The van der Waals surface area contributed by atoms with E-state index < -0.39 is 47.9 Å². The average molecular weight is 502 g/mol. The van der Waals surface area contributed by atoms with Crippen LogP contribution in [0.3, 0.4) is 0 Å². The maximum Gasteiger partial charge on any atom is 0.326 e. The second-order valence-electron chi connectivity index (χ2n) is 8.55. The molecular weight excluding hydrogens is 466 g/mol. The predicted molar refractivity (Wildman–Crippen MR) is 132 cm³/mol. The van der Waals surface area contributed by atoms with Gasteiger partial charge in [-0.15, -0.1) is 0 Å². The fourth-order valence-corrected chi connectivity index (χ4v) is 3.49. The zero-order valence-electron chi connectivity index (χ0n) is 20.3. The third kappa shape index (κ3) is 9.47. The summed E-state index contributed by atoms with van der Waals surface area (Å²) < 4.78 is 0. The maximum absolute atomic E-state index is 12.9. The molecule has 0 saturated heterocycles. The first-order valence-corrected chi connectivity index (χ1v) is 11.8. The maximum atomic E-state index is 12.9. The van der Waals surface area contributed by atoms with Gasteiger partial charge < -0.3 is 37.5 Å². The van der Waals surface area contributed by atoms with Gasteiger partial charge in [-0.05, 0) is 44.7 Å². The van der Waals surface area contributed by atoms with Gasteiger partial charge in [0.25, 0.3) is 0 Å². The fraction of sp³-hybridized carbons (Fsp3) is 0.458. The van der Waals surface area contributed by atoms with Crippen molar-refractivity contribution in [2.45, 2.75) is 63.2 Å². The summed E-state index contributed by atoms with van der Waals surface area (Å²) in [7, 11) is 0. The van der Waals surface area contributed by atoms with Crippen LogP contribution in [0.4, 0.5) is 0 Å². The number of carboxylic acids is 1. The minimum Gasteiger partial charge on any atom is -0.480 e. The van der Waals surface area contributed by atoms with E-state index in [0.717, 1.165) is 5.56 Å². The van der Waals surface area contributed by atoms with E-state index in [1.165, 1.54) is 19.4 Å². The first kappa shape index (κ1) is 28.5. The summed E-state index contributed by atoms with van der Waals surface area (Å²) in [5, 5.41) is 17.1. The molecular formula is C24H35N7O5.